The predicted octanol–water partition coefficient (Wildman–Crippen LogP) is 1.27. The van der Waals surface area contributed by atoms with Gasteiger partial charge in [0.2, 0.25) is 5.91 Å². The molecule has 1 saturated carbocycles. The number of hydrogen-bond acceptors (Lipinski definition) is 5. The molecular formula is C19H27ClN4O4. The fraction of sp³-hybridized carbons (Fsp3) is 0.526. The molecule has 1 aromatic carbocycles. The van der Waals surface area contributed by atoms with Gasteiger partial charge in [-0.05, 0) is 50.3 Å². The molecule has 0 bridgehead atoms. The van der Waals surface area contributed by atoms with Crippen LogP contribution in [0.4, 0.5) is 4.79 Å². The number of nitrogens with zero attached hydrogens (tertiary/aromatic N) is 1. The average Bonchev–Trinajstić information content (AvgIpc) is 2.88. The maximum absolute atomic E-state index is 12.9. The lowest BCUT2D eigenvalue weighted by Gasteiger charge is -2.27. The van der Waals surface area contributed by atoms with Crippen molar-refractivity contribution in [2.24, 2.45) is 5.73 Å². The Kier molecular flexibility index (Phi) is 6.90. The van der Waals surface area contributed by atoms with Crippen molar-refractivity contribution in [2.45, 2.75) is 50.2 Å². The summed E-state index contributed by atoms with van der Waals surface area (Å²) in [6, 6.07) is 6.57. The molecule has 4 N–H and O–H groups in total. The van der Waals surface area contributed by atoms with Gasteiger partial charge in [0.25, 0.3) is 5.91 Å². The molecule has 2 fully saturated rings. The highest BCUT2D eigenvalue weighted by Gasteiger charge is 2.49. The summed E-state index contributed by atoms with van der Waals surface area (Å²) in [6.07, 6.45) is 3.36. The summed E-state index contributed by atoms with van der Waals surface area (Å²) in [5.41, 5.74) is 5.30. The molecule has 1 saturated heterocycles. The number of imide groups is 1. The normalized spacial score (nSPS) is 27.0. The summed E-state index contributed by atoms with van der Waals surface area (Å²) in [5.74, 6) is -0.126. The molecule has 1 aromatic rings. The Morgan fingerprint density at radius 1 is 1.25 bits per heavy atom. The van der Waals surface area contributed by atoms with Crippen LogP contribution in [0.3, 0.4) is 0 Å². The molecule has 28 heavy (non-hydrogen) atoms. The Balaban J connectivity index is 0.00000280. The first kappa shape index (κ1) is 22.0. The third kappa shape index (κ3) is 4.39. The van der Waals surface area contributed by atoms with Crippen molar-refractivity contribution < 1.29 is 19.1 Å². The second kappa shape index (κ2) is 8.79. The van der Waals surface area contributed by atoms with Gasteiger partial charge in [0.1, 0.15) is 17.8 Å². The molecule has 1 unspecified atom stereocenters. The van der Waals surface area contributed by atoms with E-state index in [2.05, 4.69) is 10.6 Å². The molecule has 9 heteroatoms. The monoisotopic (exact) mass is 410 g/mol. The van der Waals surface area contributed by atoms with Crippen molar-refractivity contribution in [1.29, 1.82) is 0 Å². The van der Waals surface area contributed by atoms with E-state index in [1.165, 1.54) is 0 Å². The molecule has 1 heterocycles. The summed E-state index contributed by atoms with van der Waals surface area (Å²) < 4.78 is 5.12. The number of methoxy groups -OCH3 is 1. The summed E-state index contributed by atoms with van der Waals surface area (Å²) in [4.78, 5) is 38.5. The van der Waals surface area contributed by atoms with E-state index in [-0.39, 0.29) is 36.9 Å². The van der Waals surface area contributed by atoms with Gasteiger partial charge < -0.3 is 21.1 Å². The van der Waals surface area contributed by atoms with Crippen molar-refractivity contribution in [3.63, 3.8) is 0 Å². The van der Waals surface area contributed by atoms with Gasteiger partial charge in [0, 0.05) is 12.1 Å². The number of carbonyl (C=O) groups excluding carboxylic acids is 3. The van der Waals surface area contributed by atoms with Gasteiger partial charge in [-0.1, -0.05) is 12.1 Å². The highest BCUT2D eigenvalue weighted by molar-refractivity contribution is 6.09. The van der Waals surface area contributed by atoms with E-state index in [1.54, 1.807) is 38.3 Å². The molecule has 1 aliphatic carbocycles. The van der Waals surface area contributed by atoms with E-state index >= 15 is 0 Å². The smallest absolute Gasteiger partial charge is 0.325 e. The maximum atomic E-state index is 12.9. The van der Waals surface area contributed by atoms with Crippen LogP contribution < -0.4 is 21.1 Å². The molecule has 4 amide bonds. The SMILES string of the molecule is COc1ccc(C2(C)NC(=O)N(CC(=O)NC3CCC(N)CC3)C2=O)cc1.Cl. The number of ether oxygens (including phenoxy) is 1. The number of nitrogens with one attached hydrogen (secondary N) is 2. The summed E-state index contributed by atoms with van der Waals surface area (Å²) in [6.45, 7) is 1.34. The van der Waals surface area contributed by atoms with Crippen LogP contribution in [-0.2, 0) is 15.1 Å². The van der Waals surface area contributed by atoms with Crippen molar-refractivity contribution in [1.82, 2.24) is 15.5 Å². The number of halogens is 1. The molecule has 1 atom stereocenters. The fourth-order valence-corrected chi connectivity index (χ4v) is 3.64. The minimum atomic E-state index is -1.21. The van der Waals surface area contributed by atoms with Crippen molar-refractivity contribution >= 4 is 30.3 Å². The zero-order valence-corrected chi connectivity index (χ0v) is 16.9. The molecular weight excluding hydrogens is 384 g/mol. The number of amides is 4. The molecule has 2 aliphatic rings. The molecule has 1 aliphatic heterocycles. The largest absolute Gasteiger partial charge is 0.497 e. The lowest BCUT2D eigenvalue weighted by atomic mass is 9.91. The minimum absolute atomic E-state index is 0. The Hall–Kier alpha value is -2.32. The zero-order valence-electron chi connectivity index (χ0n) is 16.1. The molecule has 0 radical (unpaired) electrons. The van der Waals surface area contributed by atoms with E-state index in [4.69, 9.17) is 10.5 Å². The van der Waals surface area contributed by atoms with Crippen LogP contribution in [0.25, 0.3) is 0 Å². The first-order valence-corrected chi connectivity index (χ1v) is 9.17. The third-order valence-corrected chi connectivity index (χ3v) is 5.38. The number of carbonyl (C=O) groups is 3. The van der Waals surface area contributed by atoms with Gasteiger partial charge in [0.15, 0.2) is 0 Å². The lowest BCUT2D eigenvalue weighted by molar-refractivity contribution is -0.135. The number of urea groups is 1. The molecule has 154 valence electrons. The van der Waals surface area contributed by atoms with Crippen molar-refractivity contribution in [2.75, 3.05) is 13.7 Å². The second-order valence-corrected chi connectivity index (χ2v) is 7.35. The second-order valence-electron chi connectivity index (χ2n) is 7.35. The molecule has 0 spiro atoms. The average molecular weight is 411 g/mol. The van der Waals surface area contributed by atoms with Crippen LogP contribution in [0.2, 0.25) is 0 Å². The topological polar surface area (TPSA) is 114 Å². The summed E-state index contributed by atoms with van der Waals surface area (Å²) in [5, 5.41) is 5.60. The van der Waals surface area contributed by atoms with E-state index in [9.17, 15) is 14.4 Å². The van der Waals surface area contributed by atoms with Crippen molar-refractivity contribution in [3.8, 4) is 5.75 Å². The third-order valence-electron chi connectivity index (χ3n) is 5.38. The van der Waals surface area contributed by atoms with Crippen LogP contribution >= 0.6 is 12.4 Å². The van der Waals surface area contributed by atoms with E-state index in [0.717, 1.165) is 30.6 Å². The summed E-state index contributed by atoms with van der Waals surface area (Å²) in [7, 11) is 1.56. The van der Waals surface area contributed by atoms with Gasteiger partial charge >= 0.3 is 6.03 Å². The predicted molar refractivity (Wildman–Crippen MR) is 106 cm³/mol. The quantitative estimate of drug-likeness (QED) is 0.632. The van der Waals surface area contributed by atoms with Gasteiger partial charge in [-0.25, -0.2) is 4.79 Å². The lowest BCUT2D eigenvalue weighted by Crippen LogP contribution is -2.47. The van der Waals surface area contributed by atoms with Gasteiger partial charge in [-0.3, -0.25) is 14.5 Å². The van der Waals surface area contributed by atoms with Gasteiger partial charge in [-0.15, -0.1) is 12.4 Å². The van der Waals surface area contributed by atoms with Gasteiger partial charge in [0.05, 0.1) is 7.11 Å². The molecule has 0 aromatic heterocycles. The molecule has 8 nitrogen and oxygen atoms in total. The summed E-state index contributed by atoms with van der Waals surface area (Å²) >= 11 is 0. The van der Waals surface area contributed by atoms with Crippen molar-refractivity contribution in [3.05, 3.63) is 29.8 Å². The zero-order chi connectivity index (χ0) is 19.6. The number of rotatable bonds is 5. The number of benzene rings is 1. The van der Waals surface area contributed by atoms with E-state index in [1.807, 2.05) is 0 Å². The first-order chi connectivity index (χ1) is 12.8. The van der Waals surface area contributed by atoms with Crippen LogP contribution in [0, 0.1) is 0 Å². The highest BCUT2D eigenvalue weighted by atomic mass is 35.5. The Bertz CT molecular complexity index is 734. The number of nitrogens with two attached hydrogens (primary N) is 1. The fourth-order valence-electron chi connectivity index (χ4n) is 3.64. The highest BCUT2D eigenvalue weighted by Crippen LogP contribution is 2.30. The van der Waals surface area contributed by atoms with Crippen LogP contribution in [0.15, 0.2) is 24.3 Å². The Morgan fingerprint density at radius 2 is 1.86 bits per heavy atom. The van der Waals surface area contributed by atoms with Crippen LogP contribution in [0.1, 0.15) is 38.2 Å². The maximum Gasteiger partial charge on any atom is 0.325 e. The standard InChI is InChI=1S/C19H26N4O4.ClH/c1-19(12-3-9-15(27-2)10-4-12)17(25)23(18(26)22-19)11-16(24)21-14-7-5-13(20)6-8-14;/h3-4,9-10,13-14H,5-8,11,20H2,1-2H3,(H,21,24)(H,22,26);1H. The minimum Gasteiger partial charge on any atom is -0.497 e. The Labute approximate surface area is 170 Å². The van der Waals surface area contributed by atoms with Crippen LogP contribution in [0.5, 0.6) is 5.75 Å². The molecule has 3 rings (SSSR count). The number of hydrogen-bond donors (Lipinski definition) is 3. The first-order valence-electron chi connectivity index (χ1n) is 9.17. The van der Waals surface area contributed by atoms with E-state index < -0.39 is 17.5 Å². The van der Waals surface area contributed by atoms with Crippen LogP contribution in [-0.4, -0.2) is 48.5 Å². The van der Waals surface area contributed by atoms with Gasteiger partial charge in [-0.2, -0.15) is 0 Å². The van der Waals surface area contributed by atoms with E-state index in [0.29, 0.717) is 11.3 Å². The Morgan fingerprint density at radius 3 is 2.43 bits per heavy atom.